The van der Waals surface area contributed by atoms with Crippen LogP contribution in [-0.4, -0.2) is 35.0 Å². The zero-order valence-corrected chi connectivity index (χ0v) is 10.7. The van der Waals surface area contributed by atoms with E-state index in [1.54, 1.807) is 7.05 Å². The molecule has 0 aliphatic carbocycles. The molecule has 106 valence electrons. The lowest BCUT2D eigenvalue weighted by Crippen LogP contribution is -2.44. The molecule has 0 spiro atoms. The highest BCUT2D eigenvalue weighted by Gasteiger charge is 2.37. The number of hydrogen-bond donors (Lipinski definition) is 1. The Morgan fingerprint density at radius 2 is 2.11 bits per heavy atom. The number of hydrogen-bond acceptors (Lipinski definition) is 3. The highest BCUT2D eigenvalue weighted by molar-refractivity contribution is 6.01. The quantitative estimate of drug-likeness (QED) is 0.914. The average Bonchev–Trinajstić information content (AvgIpc) is 2.53. The van der Waals surface area contributed by atoms with E-state index < -0.39 is 18.6 Å². The molecule has 2 heterocycles. The van der Waals surface area contributed by atoms with Gasteiger partial charge < -0.3 is 10.2 Å². The summed E-state index contributed by atoms with van der Waals surface area (Å²) in [4.78, 5) is 12.5. The van der Waals surface area contributed by atoms with Crippen LogP contribution in [0.2, 0.25) is 0 Å². The average molecular weight is 276 g/mol. The second-order valence-corrected chi connectivity index (χ2v) is 4.54. The van der Waals surface area contributed by atoms with Crippen LogP contribution in [0.4, 0.5) is 24.7 Å². The predicted molar refractivity (Wildman–Crippen MR) is 64.1 cm³/mol. The number of amides is 1. The predicted octanol–water partition coefficient (Wildman–Crippen LogP) is 1.69. The zero-order valence-electron chi connectivity index (χ0n) is 10.7. The molecular weight excluding hydrogens is 261 g/mol. The summed E-state index contributed by atoms with van der Waals surface area (Å²) in [6, 6.07) is 0. The van der Waals surface area contributed by atoms with Gasteiger partial charge in [0.05, 0.1) is 12.2 Å². The van der Waals surface area contributed by atoms with Crippen LogP contribution in [0.3, 0.4) is 0 Å². The molecule has 1 aliphatic rings. The van der Waals surface area contributed by atoms with Crippen molar-refractivity contribution < 1.29 is 18.0 Å². The maximum absolute atomic E-state index is 12.5. The van der Waals surface area contributed by atoms with E-state index in [0.717, 1.165) is 11.3 Å². The molecule has 0 fully saturated rings. The fourth-order valence-electron chi connectivity index (χ4n) is 2.25. The van der Waals surface area contributed by atoms with E-state index in [-0.39, 0.29) is 6.54 Å². The maximum Gasteiger partial charge on any atom is 0.405 e. The first-order chi connectivity index (χ1) is 8.81. The minimum Gasteiger partial charge on any atom is -0.337 e. The molecule has 0 saturated carbocycles. The van der Waals surface area contributed by atoms with Gasteiger partial charge in [0.1, 0.15) is 12.2 Å². The molecular formula is C11H15F3N4O. The van der Waals surface area contributed by atoms with Crippen molar-refractivity contribution in [2.75, 3.05) is 23.3 Å². The third kappa shape index (κ3) is 2.82. The summed E-state index contributed by atoms with van der Waals surface area (Å²) in [6.45, 7) is 0.481. The normalized spacial score (nSPS) is 15.4. The van der Waals surface area contributed by atoms with E-state index in [4.69, 9.17) is 0 Å². The first-order valence-electron chi connectivity index (χ1n) is 5.99. The van der Waals surface area contributed by atoms with Crippen LogP contribution in [0, 0.1) is 0 Å². The van der Waals surface area contributed by atoms with Gasteiger partial charge in [0.15, 0.2) is 5.82 Å². The Morgan fingerprint density at radius 1 is 1.42 bits per heavy atom. The highest BCUT2D eigenvalue weighted by Crippen LogP contribution is 2.34. The first kappa shape index (κ1) is 13.7. The number of anilines is 2. The van der Waals surface area contributed by atoms with E-state index in [0.29, 0.717) is 23.6 Å². The van der Waals surface area contributed by atoms with Crippen molar-refractivity contribution in [3.05, 3.63) is 5.69 Å². The van der Waals surface area contributed by atoms with Gasteiger partial charge in [-0.15, -0.1) is 0 Å². The molecule has 1 aliphatic heterocycles. The third-order valence-corrected chi connectivity index (χ3v) is 2.84. The van der Waals surface area contributed by atoms with Crippen molar-refractivity contribution in [3.8, 4) is 0 Å². The van der Waals surface area contributed by atoms with Crippen LogP contribution in [-0.2, 0) is 18.3 Å². The Bertz CT molecular complexity index is 495. The summed E-state index contributed by atoms with van der Waals surface area (Å²) >= 11 is 0. The molecule has 0 unspecified atom stereocenters. The van der Waals surface area contributed by atoms with E-state index in [2.05, 4.69) is 10.4 Å². The Morgan fingerprint density at radius 3 is 2.68 bits per heavy atom. The van der Waals surface area contributed by atoms with Crippen molar-refractivity contribution in [2.45, 2.75) is 25.9 Å². The van der Waals surface area contributed by atoms with E-state index in [1.807, 2.05) is 6.92 Å². The first-order valence-corrected chi connectivity index (χ1v) is 5.99. The van der Waals surface area contributed by atoms with E-state index >= 15 is 0 Å². The summed E-state index contributed by atoms with van der Waals surface area (Å²) in [5, 5.41) is 6.81. The van der Waals surface area contributed by atoms with Crippen molar-refractivity contribution in [1.29, 1.82) is 0 Å². The summed E-state index contributed by atoms with van der Waals surface area (Å²) < 4.78 is 39.0. The van der Waals surface area contributed by atoms with Gasteiger partial charge in [0.2, 0.25) is 5.91 Å². The van der Waals surface area contributed by atoms with Crippen LogP contribution in [0.1, 0.15) is 19.0 Å². The second-order valence-electron chi connectivity index (χ2n) is 4.54. The standard InChI is InChI=1S/C11H15F3N4O/c1-3-4-7-9-10(17(2)16-7)18(5-8(19)15-9)6-11(12,13)14/h3-6H2,1-2H3,(H,15,19). The van der Waals surface area contributed by atoms with Gasteiger partial charge in [-0.1, -0.05) is 13.3 Å². The fourth-order valence-corrected chi connectivity index (χ4v) is 2.25. The number of carbonyl (C=O) groups is 1. The second kappa shape index (κ2) is 4.75. The number of carbonyl (C=O) groups excluding carboxylic acids is 1. The number of nitrogens with zero attached hydrogens (tertiary/aromatic N) is 3. The summed E-state index contributed by atoms with van der Waals surface area (Å²) in [7, 11) is 1.58. The topological polar surface area (TPSA) is 50.2 Å². The molecule has 1 aromatic heterocycles. The van der Waals surface area contributed by atoms with Gasteiger partial charge in [0, 0.05) is 7.05 Å². The SMILES string of the molecule is CCCc1nn(C)c2c1NC(=O)CN2CC(F)(F)F. The zero-order chi connectivity index (χ0) is 14.2. The third-order valence-electron chi connectivity index (χ3n) is 2.84. The number of nitrogens with one attached hydrogen (secondary N) is 1. The Kier molecular flexibility index (Phi) is 3.42. The van der Waals surface area contributed by atoms with Crippen molar-refractivity contribution in [3.63, 3.8) is 0 Å². The van der Waals surface area contributed by atoms with Gasteiger partial charge in [-0.2, -0.15) is 18.3 Å². The number of aryl methyl sites for hydroxylation is 2. The molecule has 1 amide bonds. The Labute approximate surface area is 108 Å². The van der Waals surface area contributed by atoms with Crippen LogP contribution in [0.25, 0.3) is 0 Å². The monoisotopic (exact) mass is 276 g/mol. The van der Waals surface area contributed by atoms with Gasteiger partial charge >= 0.3 is 6.18 Å². The fraction of sp³-hybridized carbons (Fsp3) is 0.636. The number of alkyl halides is 3. The van der Waals surface area contributed by atoms with E-state index in [1.165, 1.54) is 4.68 Å². The smallest absolute Gasteiger partial charge is 0.337 e. The maximum atomic E-state index is 12.5. The Hall–Kier alpha value is -1.73. The molecule has 0 aromatic carbocycles. The molecule has 0 atom stereocenters. The molecule has 0 radical (unpaired) electrons. The van der Waals surface area contributed by atoms with Crippen molar-refractivity contribution >= 4 is 17.4 Å². The largest absolute Gasteiger partial charge is 0.405 e. The molecule has 0 saturated heterocycles. The summed E-state index contributed by atoms with van der Waals surface area (Å²) in [5.41, 5.74) is 1.03. The molecule has 8 heteroatoms. The highest BCUT2D eigenvalue weighted by atomic mass is 19.4. The summed E-state index contributed by atoms with van der Waals surface area (Å²) in [5.74, 6) is -0.123. The van der Waals surface area contributed by atoms with Crippen molar-refractivity contribution in [1.82, 2.24) is 9.78 Å². The van der Waals surface area contributed by atoms with Gasteiger partial charge in [0.25, 0.3) is 0 Å². The van der Waals surface area contributed by atoms with Gasteiger partial charge in [-0.05, 0) is 6.42 Å². The summed E-state index contributed by atoms with van der Waals surface area (Å²) in [6.07, 6.45) is -2.94. The molecule has 1 N–H and O–H groups in total. The van der Waals surface area contributed by atoms with Crippen molar-refractivity contribution in [2.24, 2.45) is 7.05 Å². The van der Waals surface area contributed by atoms with Crippen LogP contribution < -0.4 is 10.2 Å². The number of aromatic nitrogens is 2. The number of halogens is 3. The van der Waals surface area contributed by atoms with Gasteiger partial charge in [-0.25, -0.2) is 0 Å². The van der Waals surface area contributed by atoms with Gasteiger partial charge in [-0.3, -0.25) is 9.48 Å². The molecule has 19 heavy (non-hydrogen) atoms. The lowest BCUT2D eigenvalue weighted by molar-refractivity contribution is -0.122. The van der Waals surface area contributed by atoms with Crippen LogP contribution in [0.15, 0.2) is 0 Å². The Balaban J connectivity index is 2.39. The minimum absolute atomic E-state index is 0.308. The lowest BCUT2D eigenvalue weighted by atomic mass is 10.2. The number of fused-ring (bicyclic) bond motifs is 1. The minimum atomic E-state index is -4.36. The van der Waals surface area contributed by atoms with Crippen LogP contribution >= 0.6 is 0 Å². The van der Waals surface area contributed by atoms with Crippen LogP contribution in [0.5, 0.6) is 0 Å². The molecule has 1 aromatic rings. The van der Waals surface area contributed by atoms with E-state index in [9.17, 15) is 18.0 Å². The molecule has 2 rings (SSSR count). The lowest BCUT2D eigenvalue weighted by Gasteiger charge is -2.29. The molecule has 0 bridgehead atoms. The number of rotatable bonds is 3. The molecule has 5 nitrogen and oxygen atoms in total.